The summed E-state index contributed by atoms with van der Waals surface area (Å²) in [5, 5.41) is 18.9. The van der Waals surface area contributed by atoms with Gasteiger partial charge in [-0.3, -0.25) is 0 Å². The van der Waals surface area contributed by atoms with Crippen LogP contribution in [0.25, 0.3) is 0 Å². The standard InChI is InChI=1S/C14H11BrN2/c15-11-6-12(8-17)10-5-9(7-16)13(11)3-1-2-4-14(10,12)13/h5-6,10H,1-4H2. The Morgan fingerprint density at radius 3 is 2.76 bits per heavy atom. The lowest BCUT2D eigenvalue weighted by Crippen LogP contribution is -2.35. The monoisotopic (exact) mass is 286 g/mol. The number of nitriles is 2. The number of fused-ring (bicyclic) bond motifs is 1. The Kier molecular flexibility index (Phi) is 1.47. The van der Waals surface area contributed by atoms with Crippen LogP contribution in [0.2, 0.25) is 0 Å². The zero-order valence-corrected chi connectivity index (χ0v) is 10.9. The summed E-state index contributed by atoms with van der Waals surface area (Å²) in [6.45, 7) is 0. The van der Waals surface area contributed by atoms with Gasteiger partial charge in [-0.1, -0.05) is 40.9 Å². The number of hydrogen-bond donors (Lipinski definition) is 0. The first kappa shape index (κ1) is 9.92. The predicted octanol–water partition coefficient (Wildman–Crippen LogP) is 3.43. The maximum absolute atomic E-state index is 9.57. The second-order valence-corrected chi connectivity index (χ2v) is 6.58. The van der Waals surface area contributed by atoms with Gasteiger partial charge in [-0.2, -0.15) is 10.5 Å². The largest absolute Gasteiger partial charge is 0.197 e. The lowest BCUT2D eigenvalue weighted by molar-refractivity contribution is 0.164. The molecule has 4 atom stereocenters. The van der Waals surface area contributed by atoms with Gasteiger partial charge < -0.3 is 0 Å². The summed E-state index contributed by atoms with van der Waals surface area (Å²) >= 11 is 3.66. The minimum atomic E-state index is -0.299. The first-order valence-corrected chi connectivity index (χ1v) is 6.91. The average Bonchev–Trinajstić information content (AvgIpc) is 2.68. The number of rotatable bonds is 0. The van der Waals surface area contributed by atoms with Crippen LogP contribution in [0.5, 0.6) is 0 Å². The van der Waals surface area contributed by atoms with Crippen LogP contribution in [0, 0.1) is 44.8 Å². The molecule has 4 aliphatic carbocycles. The molecule has 0 aromatic rings. The fourth-order valence-corrected chi connectivity index (χ4v) is 6.22. The van der Waals surface area contributed by atoms with E-state index >= 15 is 0 Å². The normalized spacial score (nSPS) is 52.8. The molecule has 0 aromatic heterocycles. The van der Waals surface area contributed by atoms with Crippen molar-refractivity contribution >= 4 is 15.9 Å². The van der Waals surface area contributed by atoms with Crippen molar-refractivity contribution in [2.45, 2.75) is 25.7 Å². The molecule has 0 amide bonds. The summed E-state index contributed by atoms with van der Waals surface area (Å²) in [5.41, 5.74) is 0.512. The Labute approximate surface area is 109 Å². The summed E-state index contributed by atoms with van der Waals surface area (Å²) in [5.74, 6) is 0.302. The Morgan fingerprint density at radius 2 is 2.06 bits per heavy atom. The van der Waals surface area contributed by atoms with Crippen molar-refractivity contribution in [1.29, 1.82) is 10.5 Å². The summed E-state index contributed by atoms with van der Waals surface area (Å²) in [6.07, 6.45) is 8.70. The van der Waals surface area contributed by atoms with Crippen molar-refractivity contribution in [3.05, 3.63) is 22.2 Å². The lowest BCUT2D eigenvalue weighted by Gasteiger charge is -2.41. The van der Waals surface area contributed by atoms with Crippen molar-refractivity contribution in [3.63, 3.8) is 0 Å². The molecule has 0 radical (unpaired) electrons. The topological polar surface area (TPSA) is 47.6 Å². The smallest absolute Gasteiger partial charge is 0.0953 e. The molecular formula is C14H11BrN2. The van der Waals surface area contributed by atoms with Crippen molar-refractivity contribution in [2.24, 2.45) is 22.2 Å². The van der Waals surface area contributed by atoms with E-state index in [0.717, 1.165) is 29.3 Å². The van der Waals surface area contributed by atoms with Crippen molar-refractivity contribution in [3.8, 4) is 12.1 Å². The molecule has 0 heterocycles. The Morgan fingerprint density at radius 1 is 1.29 bits per heavy atom. The van der Waals surface area contributed by atoms with Gasteiger partial charge in [-0.25, -0.2) is 0 Å². The van der Waals surface area contributed by atoms with Gasteiger partial charge in [0, 0.05) is 26.8 Å². The van der Waals surface area contributed by atoms with Crippen molar-refractivity contribution in [2.75, 3.05) is 0 Å². The second-order valence-electron chi connectivity index (χ2n) is 5.73. The van der Waals surface area contributed by atoms with Crippen LogP contribution in [-0.4, -0.2) is 0 Å². The first-order valence-electron chi connectivity index (χ1n) is 6.12. The summed E-state index contributed by atoms with van der Waals surface area (Å²) in [7, 11) is 0. The predicted molar refractivity (Wildman–Crippen MR) is 65.6 cm³/mol. The van der Waals surface area contributed by atoms with Crippen LogP contribution in [0.4, 0.5) is 0 Å². The van der Waals surface area contributed by atoms with E-state index in [2.05, 4.69) is 40.2 Å². The highest BCUT2D eigenvalue weighted by atomic mass is 79.9. The zero-order valence-electron chi connectivity index (χ0n) is 9.33. The van der Waals surface area contributed by atoms with Gasteiger partial charge in [0.25, 0.3) is 0 Å². The Balaban J connectivity index is 2.04. The van der Waals surface area contributed by atoms with Crippen LogP contribution >= 0.6 is 15.9 Å². The molecule has 4 aliphatic rings. The number of nitrogens with zero attached hydrogens (tertiary/aromatic N) is 2. The average molecular weight is 287 g/mol. The van der Waals surface area contributed by atoms with Gasteiger partial charge in [0.05, 0.1) is 17.6 Å². The van der Waals surface area contributed by atoms with Gasteiger partial charge in [0.15, 0.2) is 0 Å². The van der Waals surface area contributed by atoms with Crippen molar-refractivity contribution < 1.29 is 0 Å². The molecule has 0 N–H and O–H groups in total. The van der Waals surface area contributed by atoms with Gasteiger partial charge in [0.1, 0.15) is 0 Å². The second kappa shape index (κ2) is 2.52. The maximum atomic E-state index is 9.57. The number of halogens is 1. The van der Waals surface area contributed by atoms with E-state index in [9.17, 15) is 10.5 Å². The minimum Gasteiger partial charge on any atom is -0.197 e. The quantitative estimate of drug-likeness (QED) is 0.685. The molecule has 2 fully saturated rings. The fourth-order valence-electron chi connectivity index (χ4n) is 5.10. The molecule has 84 valence electrons. The maximum Gasteiger partial charge on any atom is 0.0953 e. The zero-order chi connectivity index (χ0) is 11.9. The van der Waals surface area contributed by atoms with Gasteiger partial charge in [0.2, 0.25) is 0 Å². The Hall–Kier alpha value is -1.06. The van der Waals surface area contributed by atoms with E-state index in [-0.39, 0.29) is 16.2 Å². The molecule has 17 heavy (non-hydrogen) atoms. The van der Waals surface area contributed by atoms with Crippen LogP contribution < -0.4 is 0 Å². The van der Waals surface area contributed by atoms with E-state index in [4.69, 9.17) is 0 Å². The van der Waals surface area contributed by atoms with Crippen LogP contribution in [0.3, 0.4) is 0 Å². The highest BCUT2D eigenvalue weighted by Crippen LogP contribution is 2.91. The molecular weight excluding hydrogens is 276 g/mol. The van der Waals surface area contributed by atoms with E-state index in [0.29, 0.717) is 5.92 Å². The molecule has 0 saturated heterocycles. The van der Waals surface area contributed by atoms with E-state index in [1.807, 2.05) is 0 Å². The Bertz CT molecular complexity index is 590. The minimum absolute atomic E-state index is 0.0386. The van der Waals surface area contributed by atoms with E-state index in [1.165, 1.54) is 6.42 Å². The molecule has 1 spiro atoms. The molecule has 4 unspecified atom stereocenters. The molecule has 0 aliphatic heterocycles. The SMILES string of the molecule is N#CC1=CC2C3(C#N)C=C(Br)C14CCCCC243. The number of hydrogen-bond acceptors (Lipinski definition) is 2. The van der Waals surface area contributed by atoms with Gasteiger partial charge in [-0.05, 0) is 12.8 Å². The van der Waals surface area contributed by atoms with Gasteiger partial charge >= 0.3 is 0 Å². The van der Waals surface area contributed by atoms with E-state index < -0.39 is 0 Å². The molecule has 2 saturated carbocycles. The molecule has 0 bridgehead atoms. The lowest BCUT2D eigenvalue weighted by atomic mass is 9.62. The van der Waals surface area contributed by atoms with Crippen LogP contribution in [-0.2, 0) is 0 Å². The molecule has 3 heteroatoms. The third-order valence-electron chi connectivity index (χ3n) is 5.67. The van der Waals surface area contributed by atoms with Gasteiger partial charge in [-0.15, -0.1) is 0 Å². The summed E-state index contributed by atoms with van der Waals surface area (Å²) in [4.78, 5) is 0. The van der Waals surface area contributed by atoms with Crippen LogP contribution in [0.1, 0.15) is 25.7 Å². The molecule has 2 nitrogen and oxygen atoms in total. The van der Waals surface area contributed by atoms with Crippen molar-refractivity contribution in [1.82, 2.24) is 0 Å². The molecule has 4 rings (SSSR count). The fraction of sp³-hybridized carbons (Fsp3) is 0.571. The molecule has 0 aromatic carbocycles. The number of allylic oxidation sites excluding steroid dienone is 4. The first-order chi connectivity index (χ1) is 8.19. The summed E-state index contributed by atoms with van der Waals surface area (Å²) in [6, 6.07) is 4.93. The third kappa shape index (κ3) is 0.652. The third-order valence-corrected chi connectivity index (χ3v) is 6.58. The highest BCUT2D eigenvalue weighted by Gasteiger charge is 2.89. The highest BCUT2D eigenvalue weighted by molar-refractivity contribution is 9.11. The summed E-state index contributed by atoms with van der Waals surface area (Å²) < 4.78 is 1.10. The van der Waals surface area contributed by atoms with Crippen LogP contribution in [0.15, 0.2) is 22.2 Å². The van der Waals surface area contributed by atoms with E-state index in [1.54, 1.807) is 0 Å².